The number of rotatable bonds is 5. The standard InChI is InChI=1S/C17H22N2/c1-17(2,10-12-18-14-8-9-14)15-7-3-5-13-6-4-11-19-16(13)15/h3-7,11,14,18H,8-10,12H2,1-2H3. The SMILES string of the molecule is CC(C)(CCNC1CC1)c1cccc2cccnc12. The van der Waals surface area contributed by atoms with Crippen molar-refractivity contribution in [3.63, 3.8) is 0 Å². The van der Waals surface area contributed by atoms with Crippen LogP contribution >= 0.6 is 0 Å². The number of nitrogens with zero attached hydrogens (tertiary/aromatic N) is 1. The lowest BCUT2D eigenvalue weighted by molar-refractivity contribution is 0.458. The number of hydrogen-bond donors (Lipinski definition) is 1. The van der Waals surface area contributed by atoms with Gasteiger partial charge in [0.15, 0.2) is 0 Å². The first-order chi connectivity index (χ1) is 9.17. The van der Waals surface area contributed by atoms with Crippen LogP contribution in [0.2, 0.25) is 0 Å². The van der Waals surface area contributed by atoms with Crippen LogP contribution < -0.4 is 5.32 Å². The van der Waals surface area contributed by atoms with Crippen molar-refractivity contribution in [3.05, 3.63) is 42.1 Å². The van der Waals surface area contributed by atoms with Crippen LogP contribution in [0.1, 0.15) is 38.7 Å². The maximum Gasteiger partial charge on any atom is 0.0739 e. The lowest BCUT2D eigenvalue weighted by Gasteiger charge is -2.26. The van der Waals surface area contributed by atoms with Crippen molar-refractivity contribution < 1.29 is 0 Å². The van der Waals surface area contributed by atoms with Gasteiger partial charge in [0.25, 0.3) is 0 Å². The molecule has 0 aliphatic heterocycles. The highest BCUT2D eigenvalue weighted by molar-refractivity contribution is 5.82. The number of benzene rings is 1. The lowest BCUT2D eigenvalue weighted by Crippen LogP contribution is -2.27. The number of nitrogens with one attached hydrogen (secondary N) is 1. The van der Waals surface area contributed by atoms with Crippen LogP contribution in [0.5, 0.6) is 0 Å². The van der Waals surface area contributed by atoms with Gasteiger partial charge in [-0.15, -0.1) is 0 Å². The molecule has 1 saturated carbocycles. The number of pyridine rings is 1. The van der Waals surface area contributed by atoms with Gasteiger partial charge in [-0.25, -0.2) is 0 Å². The molecule has 2 nitrogen and oxygen atoms in total. The van der Waals surface area contributed by atoms with Gasteiger partial charge in [-0.1, -0.05) is 38.1 Å². The number of para-hydroxylation sites is 1. The quantitative estimate of drug-likeness (QED) is 0.881. The van der Waals surface area contributed by atoms with Crippen LogP contribution in [0.3, 0.4) is 0 Å². The van der Waals surface area contributed by atoms with E-state index in [1.165, 1.54) is 23.8 Å². The van der Waals surface area contributed by atoms with Gasteiger partial charge in [-0.2, -0.15) is 0 Å². The molecule has 2 aromatic rings. The Bertz CT molecular complexity index is 565. The molecule has 0 radical (unpaired) electrons. The zero-order valence-corrected chi connectivity index (χ0v) is 11.8. The van der Waals surface area contributed by atoms with E-state index >= 15 is 0 Å². The summed E-state index contributed by atoms with van der Waals surface area (Å²) in [4.78, 5) is 4.58. The van der Waals surface area contributed by atoms with Gasteiger partial charge in [0.05, 0.1) is 5.52 Å². The summed E-state index contributed by atoms with van der Waals surface area (Å²) < 4.78 is 0. The zero-order valence-electron chi connectivity index (χ0n) is 11.8. The minimum atomic E-state index is 0.162. The van der Waals surface area contributed by atoms with Crippen molar-refractivity contribution in [1.82, 2.24) is 10.3 Å². The number of aromatic nitrogens is 1. The van der Waals surface area contributed by atoms with Gasteiger partial charge in [-0.3, -0.25) is 4.98 Å². The van der Waals surface area contributed by atoms with Gasteiger partial charge in [-0.05, 0) is 42.9 Å². The maximum absolute atomic E-state index is 4.58. The Morgan fingerprint density at radius 2 is 2.00 bits per heavy atom. The Morgan fingerprint density at radius 1 is 1.21 bits per heavy atom. The van der Waals surface area contributed by atoms with Crippen molar-refractivity contribution in [2.75, 3.05) is 6.54 Å². The summed E-state index contributed by atoms with van der Waals surface area (Å²) in [7, 11) is 0. The maximum atomic E-state index is 4.58. The highest BCUT2D eigenvalue weighted by atomic mass is 14.9. The predicted molar refractivity (Wildman–Crippen MR) is 80.4 cm³/mol. The second-order valence-electron chi connectivity index (χ2n) is 6.24. The van der Waals surface area contributed by atoms with Crippen molar-refractivity contribution in [3.8, 4) is 0 Å². The zero-order chi connectivity index (χ0) is 13.3. The Balaban J connectivity index is 1.84. The molecule has 100 valence electrons. The van der Waals surface area contributed by atoms with Crippen LogP contribution in [0.25, 0.3) is 10.9 Å². The van der Waals surface area contributed by atoms with Gasteiger partial charge < -0.3 is 5.32 Å². The molecule has 1 aliphatic carbocycles. The normalized spacial score (nSPS) is 15.9. The Hall–Kier alpha value is -1.41. The number of fused-ring (bicyclic) bond motifs is 1. The fourth-order valence-electron chi connectivity index (χ4n) is 2.66. The third-order valence-electron chi connectivity index (χ3n) is 4.12. The van der Waals surface area contributed by atoms with Crippen LogP contribution in [-0.4, -0.2) is 17.6 Å². The first-order valence-corrected chi connectivity index (χ1v) is 7.24. The number of hydrogen-bond acceptors (Lipinski definition) is 2. The summed E-state index contributed by atoms with van der Waals surface area (Å²) in [6.45, 7) is 5.75. The Labute approximate surface area is 115 Å². The van der Waals surface area contributed by atoms with Gasteiger partial charge >= 0.3 is 0 Å². The summed E-state index contributed by atoms with van der Waals surface area (Å²) in [6, 6.07) is 11.5. The van der Waals surface area contributed by atoms with Gasteiger partial charge in [0.2, 0.25) is 0 Å². The van der Waals surface area contributed by atoms with Gasteiger partial charge in [0, 0.05) is 17.6 Å². The molecule has 2 heteroatoms. The van der Waals surface area contributed by atoms with Crippen molar-refractivity contribution in [2.24, 2.45) is 0 Å². The lowest BCUT2D eigenvalue weighted by atomic mass is 9.80. The second-order valence-corrected chi connectivity index (χ2v) is 6.24. The van der Waals surface area contributed by atoms with Gasteiger partial charge in [0.1, 0.15) is 0 Å². The molecule has 0 unspecified atom stereocenters. The highest BCUT2D eigenvalue weighted by Crippen LogP contribution is 2.32. The topological polar surface area (TPSA) is 24.9 Å². The first-order valence-electron chi connectivity index (χ1n) is 7.24. The predicted octanol–water partition coefficient (Wildman–Crippen LogP) is 3.65. The molecular formula is C17H22N2. The molecule has 1 aromatic carbocycles. The minimum Gasteiger partial charge on any atom is -0.314 e. The fraction of sp³-hybridized carbons (Fsp3) is 0.471. The smallest absolute Gasteiger partial charge is 0.0739 e. The molecule has 1 aliphatic rings. The third-order valence-corrected chi connectivity index (χ3v) is 4.12. The van der Waals surface area contributed by atoms with Crippen molar-refractivity contribution in [1.29, 1.82) is 0 Å². The Morgan fingerprint density at radius 3 is 2.79 bits per heavy atom. The van der Waals surface area contributed by atoms with E-state index in [0.717, 1.165) is 24.5 Å². The van der Waals surface area contributed by atoms with E-state index in [1.807, 2.05) is 12.3 Å². The van der Waals surface area contributed by atoms with Crippen LogP contribution in [0.15, 0.2) is 36.5 Å². The summed E-state index contributed by atoms with van der Waals surface area (Å²) in [6.07, 6.45) is 5.76. The molecular weight excluding hydrogens is 232 g/mol. The molecule has 0 bridgehead atoms. The molecule has 19 heavy (non-hydrogen) atoms. The largest absolute Gasteiger partial charge is 0.314 e. The molecule has 0 spiro atoms. The van der Waals surface area contributed by atoms with E-state index in [1.54, 1.807) is 0 Å². The summed E-state index contributed by atoms with van der Waals surface area (Å²) in [5, 5.41) is 4.85. The monoisotopic (exact) mass is 254 g/mol. The summed E-state index contributed by atoms with van der Waals surface area (Å²) in [5.41, 5.74) is 2.68. The first kappa shape index (κ1) is 12.6. The molecule has 0 atom stereocenters. The van der Waals surface area contributed by atoms with Crippen molar-refractivity contribution in [2.45, 2.75) is 44.6 Å². The van der Waals surface area contributed by atoms with Crippen LogP contribution in [0.4, 0.5) is 0 Å². The van der Waals surface area contributed by atoms with Crippen LogP contribution in [0, 0.1) is 0 Å². The van der Waals surface area contributed by atoms with Crippen molar-refractivity contribution >= 4 is 10.9 Å². The molecule has 3 rings (SSSR count). The summed E-state index contributed by atoms with van der Waals surface area (Å²) in [5.74, 6) is 0. The molecule has 1 fully saturated rings. The molecule has 1 heterocycles. The van der Waals surface area contributed by atoms with E-state index in [4.69, 9.17) is 0 Å². The summed E-state index contributed by atoms with van der Waals surface area (Å²) >= 11 is 0. The molecule has 1 aromatic heterocycles. The van der Waals surface area contributed by atoms with E-state index in [0.29, 0.717) is 0 Å². The minimum absolute atomic E-state index is 0.162. The molecule has 0 saturated heterocycles. The van der Waals surface area contributed by atoms with E-state index < -0.39 is 0 Å². The highest BCUT2D eigenvalue weighted by Gasteiger charge is 2.25. The second kappa shape index (κ2) is 4.93. The van der Waals surface area contributed by atoms with E-state index in [-0.39, 0.29) is 5.41 Å². The average Bonchev–Trinajstić information content (AvgIpc) is 3.22. The third kappa shape index (κ3) is 2.79. The molecule has 0 amide bonds. The fourth-order valence-corrected chi connectivity index (χ4v) is 2.66. The Kier molecular flexibility index (Phi) is 3.28. The molecule has 1 N–H and O–H groups in total. The average molecular weight is 254 g/mol. The van der Waals surface area contributed by atoms with Crippen LogP contribution in [-0.2, 0) is 5.41 Å². The van der Waals surface area contributed by atoms with E-state index in [2.05, 4.69) is 48.4 Å². The van der Waals surface area contributed by atoms with E-state index in [9.17, 15) is 0 Å².